The van der Waals surface area contributed by atoms with Crippen molar-refractivity contribution in [1.29, 1.82) is 0 Å². The molecule has 2 aliphatic heterocycles. The van der Waals surface area contributed by atoms with Gasteiger partial charge in [0.2, 0.25) is 0 Å². The Labute approximate surface area is 112 Å². The molecule has 0 radical (unpaired) electrons. The molecule has 0 saturated carbocycles. The second kappa shape index (κ2) is 4.83. The van der Waals surface area contributed by atoms with Gasteiger partial charge < -0.3 is 19.1 Å². The Morgan fingerprint density at radius 3 is 3.00 bits per heavy atom. The number of amides is 1. The van der Waals surface area contributed by atoms with Crippen LogP contribution >= 0.6 is 0 Å². The first kappa shape index (κ1) is 12.4. The van der Waals surface area contributed by atoms with Crippen molar-refractivity contribution in [3.05, 3.63) is 35.9 Å². The van der Waals surface area contributed by atoms with E-state index in [-0.39, 0.29) is 12.2 Å². The van der Waals surface area contributed by atoms with Crippen LogP contribution in [0.25, 0.3) is 0 Å². The van der Waals surface area contributed by atoms with Crippen molar-refractivity contribution in [2.75, 3.05) is 26.8 Å². The third-order valence-electron chi connectivity index (χ3n) is 3.52. The lowest BCUT2D eigenvalue weighted by molar-refractivity contribution is -0.197. The normalized spacial score (nSPS) is 29.3. The molecule has 2 atom stereocenters. The summed E-state index contributed by atoms with van der Waals surface area (Å²) in [4.78, 5) is 13.3. The number of methoxy groups -OCH3 is 1. The second-order valence-corrected chi connectivity index (χ2v) is 4.97. The van der Waals surface area contributed by atoms with E-state index < -0.39 is 5.79 Å². The molecule has 1 amide bonds. The van der Waals surface area contributed by atoms with Crippen LogP contribution in [0.5, 0.6) is 0 Å². The van der Waals surface area contributed by atoms with Gasteiger partial charge in [0.25, 0.3) is 0 Å². The lowest BCUT2D eigenvalue weighted by Crippen LogP contribution is -2.54. The predicted molar refractivity (Wildman–Crippen MR) is 67.7 cm³/mol. The molecule has 0 spiro atoms. The summed E-state index contributed by atoms with van der Waals surface area (Å²) in [7, 11) is 1.39. The molecule has 2 fully saturated rings. The summed E-state index contributed by atoms with van der Waals surface area (Å²) in [5.41, 5.74) is 1.13. The lowest BCUT2D eigenvalue weighted by Gasteiger charge is -2.37. The van der Waals surface area contributed by atoms with Gasteiger partial charge in [-0.15, -0.1) is 0 Å². The molecule has 0 unspecified atom stereocenters. The molecule has 0 aromatic heterocycles. The van der Waals surface area contributed by atoms with E-state index in [0.29, 0.717) is 26.1 Å². The third-order valence-corrected chi connectivity index (χ3v) is 3.52. The van der Waals surface area contributed by atoms with Crippen LogP contribution in [-0.4, -0.2) is 49.7 Å². The van der Waals surface area contributed by atoms with Crippen molar-refractivity contribution in [3.8, 4) is 0 Å². The number of hydrogen-bond acceptors (Lipinski definition) is 4. The van der Waals surface area contributed by atoms with Gasteiger partial charge in [-0.25, -0.2) is 4.79 Å². The second-order valence-electron chi connectivity index (χ2n) is 4.97. The van der Waals surface area contributed by atoms with Crippen LogP contribution < -0.4 is 0 Å². The Hall–Kier alpha value is -1.59. The van der Waals surface area contributed by atoms with E-state index >= 15 is 0 Å². The largest absolute Gasteiger partial charge is 0.453 e. The van der Waals surface area contributed by atoms with Gasteiger partial charge in [0.1, 0.15) is 6.10 Å². The van der Waals surface area contributed by atoms with E-state index in [9.17, 15) is 4.79 Å². The van der Waals surface area contributed by atoms with Crippen molar-refractivity contribution in [3.63, 3.8) is 0 Å². The van der Waals surface area contributed by atoms with Crippen LogP contribution in [0, 0.1) is 0 Å². The zero-order valence-electron chi connectivity index (χ0n) is 10.9. The van der Waals surface area contributed by atoms with Gasteiger partial charge in [-0.05, 0) is 5.56 Å². The monoisotopic (exact) mass is 263 g/mol. The molecule has 0 aliphatic carbocycles. The molecule has 19 heavy (non-hydrogen) atoms. The summed E-state index contributed by atoms with van der Waals surface area (Å²) < 4.78 is 16.5. The molecular formula is C14H17NO4. The number of carbonyl (C=O) groups excluding carboxylic acids is 1. The van der Waals surface area contributed by atoms with Crippen LogP contribution in [0.2, 0.25) is 0 Å². The predicted octanol–water partition coefficient (Wildman–Crippen LogP) is 1.42. The highest BCUT2D eigenvalue weighted by Gasteiger charge is 2.49. The van der Waals surface area contributed by atoms with Gasteiger partial charge in [0.05, 0.1) is 26.8 Å². The number of rotatable bonds is 2. The molecule has 5 nitrogen and oxygen atoms in total. The quantitative estimate of drug-likeness (QED) is 0.809. The van der Waals surface area contributed by atoms with Crippen LogP contribution in [-0.2, 0) is 20.6 Å². The molecule has 5 heteroatoms. The van der Waals surface area contributed by atoms with Gasteiger partial charge in [-0.3, -0.25) is 0 Å². The molecule has 102 valence electrons. The SMILES string of the molecule is COC(=O)N1C[C@@H]2CO[C@](Cc3ccccc3)(C1)O2. The van der Waals surface area contributed by atoms with Crippen LogP contribution in [0.1, 0.15) is 5.56 Å². The maximum absolute atomic E-state index is 11.7. The Balaban J connectivity index is 1.77. The van der Waals surface area contributed by atoms with E-state index in [1.54, 1.807) is 4.90 Å². The standard InChI is InChI=1S/C14H17NO4/c1-17-13(16)15-8-12-9-18-14(10-15,19-12)7-11-5-3-2-4-6-11/h2-6,12H,7-10H2,1H3/t12-,14+/m1/s1. The number of carbonyl (C=O) groups is 1. The van der Waals surface area contributed by atoms with Crippen LogP contribution in [0.3, 0.4) is 0 Å². The van der Waals surface area contributed by atoms with Gasteiger partial charge in [-0.2, -0.15) is 0 Å². The molecule has 2 bridgehead atoms. The molecular weight excluding hydrogens is 246 g/mol. The van der Waals surface area contributed by atoms with E-state index in [4.69, 9.17) is 14.2 Å². The van der Waals surface area contributed by atoms with E-state index in [1.807, 2.05) is 30.3 Å². The first-order valence-corrected chi connectivity index (χ1v) is 6.39. The van der Waals surface area contributed by atoms with Crippen molar-refractivity contribution in [1.82, 2.24) is 4.90 Å². The highest BCUT2D eigenvalue weighted by Crippen LogP contribution is 2.33. The van der Waals surface area contributed by atoms with Crippen molar-refractivity contribution >= 4 is 6.09 Å². The number of fused-ring (bicyclic) bond motifs is 2. The lowest BCUT2D eigenvalue weighted by atomic mass is 10.0. The molecule has 1 aromatic rings. The first-order valence-electron chi connectivity index (χ1n) is 6.39. The summed E-state index contributed by atoms with van der Waals surface area (Å²) >= 11 is 0. The molecule has 3 rings (SSSR count). The summed E-state index contributed by atoms with van der Waals surface area (Å²) in [6.07, 6.45) is 0.255. The number of benzene rings is 1. The van der Waals surface area contributed by atoms with E-state index in [0.717, 1.165) is 5.56 Å². The molecule has 2 heterocycles. The fourth-order valence-electron chi connectivity index (χ4n) is 2.71. The Bertz CT molecular complexity index is 464. The Kier molecular flexibility index (Phi) is 3.16. The van der Waals surface area contributed by atoms with Crippen molar-refractivity contribution in [2.45, 2.75) is 18.3 Å². The number of ether oxygens (including phenoxy) is 3. The van der Waals surface area contributed by atoms with Gasteiger partial charge in [0.15, 0.2) is 5.79 Å². The minimum Gasteiger partial charge on any atom is -0.453 e. The maximum atomic E-state index is 11.7. The summed E-state index contributed by atoms with van der Waals surface area (Å²) in [5.74, 6) is -0.724. The van der Waals surface area contributed by atoms with E-state index in [2.05, 4.69) is 0 Å². The highest BCUT2D eigenvalue weighted by molar-refractivity contribution is 5.67. The zero-order valence-corrected chi connectivity index (χ0v) is 10.9. The number of morpholine rings is 1. The van der Waals surface area contributed by atoms with Crippen LogP contribution in [0.15, 0.2) is 30.3 Å². The maximum Gasteiger partial charge on any atom is 0.409 e. The molecule has 2 aliphatic rings. The Morgan fingerprint density at radius 2 is 2.26 bits per heavy atom. The van der Waals surface area contributed by atoms with Gasteiger partial charge in [-0.1, -0.05) is 30.3 Å². The highest BCUT2D eigenvalue weighted by atomic mass is 16.7. The van der Waals surface area contributed by atoms with E-state index in [1.165, 1.54) is 7.11 Å². The average Bonchev–Trinajstić information content (AvgIpc) is 2.73. The topological polar surface area (TPSA) is 48.0 Å². The molecule has 2 saturated heterocycles. The number of nitrogens with zero attached hydrogens (tertiary/aromatic N) is 1. The Morgan fingerprint density at radius 1 is 1.47 bits per heavy atom. The van der Waals surface area contributed by atoms with Gasteiger partial charge >= 0.3 is 6.09 Å². The molecule has 1 aromatic carbocycles. The van der Waals surface area contributed by atoms with Crippen molar-refractivity contribution in [2.24, 2.45) is 0 Å². The van der Waals surface area contributed by atoms with Crippen molar-refractivity contribution < 1.29 is 19.0 Å². The third kappa shape index (κ3) is 2.43. The smallest absolute Gasteiger partial charge is 0.409 e. The fourth-order valence-corrected chi connectivity index (χ4v) is 2.71. The summed E-state index contributed by atoms with van der Waals surface area (Å²) in [5, 5.41) is 0. The minimum atomic E-state index is -0.724. The summed E-state index contributed by atoms with van der Waals surface area (Å²) in [6, 6.07) is 10.0. The fraction of sp³-hybridized carbons (Fsp3) is 0.500. The van der Waals surface area contributed by atoms with Gasteiger partial charge in [0, 0.05) is 6.42 Å². The average molecular weight is 263 g/mol. The molecule has 0 N–H and O–H groups in total. The first-order chi connectivity index (χ1) is 9.21. The zero-order chi connectivity index (χ0) is 13.3. The van der Waals surface area contributed by atoms with Crippen LogP contribution in [0.4, 0.5) is 4.79 Å². The summed E-state index contributed by atoms with van der Waals surface area (Å²) in [6.45, 7) is 1.47. The number of hydrogen-bond donors (Lipinski definition) is 0. The minimum absolute atomic E-state index is 0.0587.